The largest absolute Gasteiger partial charge is 0.333 e. The number of carbonyl (C=O) groups is 1. The van der Waals surface area contributed by atoms with Gasteiger partial charge in [-0.3, -0.25) is 4.79 Å². The third-order valence-corrected chi connectivity index (χ3v) is 6.01. The molecule has 0 radical (unpaired) electrons. The summed E-state index contributed by atoms with van der Waals surface area (Å²) in [6, 6.07) is 4.14. The third kappa shape index (κ3) is 2.57. The van der Waals surface area contributed by atoms with E-state index in [1.54, 1.807) is 0 Å². The minimum absolute atomic E-state index is 0.0622. The molecule has 2 aliphatic rings. The van der Waals surface area contributed by atoms with E-state index in [1.807, 2.05) is 51.8 Å². The van der Waals surface area contributed by atoms with Crippen LogP contribution in [0.15, 0.2) is 30.7 Å². The van der Waals surface area contributed by atoms with E-state index < -0.39 is 0 Å². The Bertz CT molecular complexity index is 917. The lowest BCUT2D eigenvalue weighted by atomic mass is 10.1. The van der Waals surface area contributed by atoms with Gasteiger partial charge < -0.3 is 9.47 Å². The summed E-state index contributed by atoms with van der Waals surface area (Å²) in [6.07, 6.45) is 8.37. The average Bonchev–Trinajstić information content (AvgIpc) is 2.99. The molecular formula is C17H18N6OS. The Morgan fingerprint density at radius 1 is 1.24 bits per heavy atom. The normalized spacial score (nSPS) is 17.7. The highest BCUT2D eigenvalue weighted by Crippen LogP contribution is 2.39. The first-order valence-corrected chi connectivity index (χ1v) is 9.32. The zero-order chi connectivity index (χ0) is 17.0. The van der Waals surface area contributed by atoms with Gasteiger partial charge in [0.2, 0.25) is 0 Å². The Labute approximate surface area is 148 Å². The molecule has 7 nitrogen and oxygen atoms in total. The fourth-order valence-electron chi connectivity index (χ4n) is 3.12. The van der Waals surface area contributed by atoms with Gasteiger partial charge in [0.25, 0.3) is 5.91 Å². The number of carbonyl (C=O) groups excluding carboxylic acids is 1. The van der Waals surface area contributed by atoms with E-state index in [1.165, 1.54) is 24.2 Å². The summed E-state index contributed by atoms with van der Waals surface area (Å²) in [5, 5.41) is 9.32. The Morgan fingerprint density at radius 3 is 2.72 bits per heavy atom. The molecule has 8 heteroatoms. The van der Waals surface area contributed by atoms with E-state index in [0.29, 0.717) is 19.0 Å². The second-order valence-electron chi connectivity index (χ2n) is 6.76. The molecule has 3 aromatic rings. The quantitative estimate of drug-likeness (QED) is 0.721. The topological polar surface area (TPSA) is 68.8 Å². The van der Waals surface area contributed by atoms with E-state index in [2.05, 4.69) is 15.3 Å². The van der Waals surface area contributed by atoms with E-state index in [0.717, 1.165) is 21.4 Å². The van der Waals surface area contributed by atoms with Gasteiger partial charge in [-0.1, -0.05) is 16.6 Å². The van der Waals surface area contributed by atoms with Crippen LogP contribution in [0.5, 0.6) is 0 Å². The molecular weight excluding hydrogens is 336 g/mol. The number of rotatable bonds is 4. The van der Waals surface area contributed by atoms with Crippen LogP contribution in [0.2, 0.25) is 0 Å². The lowest BCUT2D eigenvalue weighted by molar-refractivity contribution is 0.0502. The van der Waals surface area contributed by atoms with E-state index in [4.69, 9.17) is 0 Å². The van der Waals surface area contributed by atoms with E-state index >= 15 is 0 Å². The van der Waals surface area contributed by atoms with Gasteiger partial charge in [-0.2, -0.15) is 0 Å². The van der Waals surface area contributed by atoms with Gasteiger partial charge in [0.15, 0.2) is 5.13 Å². The van der Waals surface area contributed by atoms with Crippen LogP contribution < -0.4 is 0 Å². The van der Waals surface area contributed by atoms with Gasteiger partial charge in [0.1, 0.15) is 4.88 Å². The number of hydrogen-bond acceptors (Lipinski definition) is 5. The lowest BCUT2D eigenvalue weighted by Crippen LogP contribution is -2.50. The number of aromatic nitrogens is 5. The molecule has 2 fully saturated rings. The van der Waals surface area contributed by atoms with Crippen molar-refractivity contribution < 1.29 is 4.79 Å². The van der Waals surface area contributed by atoms with Crippen LogP contribution >= 0.6 is 11.3 Å². The molecule has 1 aliphatic carbocycles. The van der Waals surface area contributed by atoms with Crippen LogP contribution in [0, 0.1) is 6.92 Å². The van der Waals surface area contributed by atoms with Crippen molar-refractivity contribution in [3.8, 4) is 5.13 Å². The summed E-state index contributed by atoms with van der Waals surface area (Å²) < 4.78 is 3.85. The Balaban J connectivity index is 1.28. The summed E-state index contributed by atoms with van der Waals surface area (Å²) in [4.78, 5) is 19.9. The molecule has 128 valence electrons. The zero-order valence-electron chi connectivity index (χ0n) is 13.9. The highest BCUT2D eigenvalue weighted by atomic mass is 32.1. The second kappa shape index (κ2) is 5.52. The predicted octanol–water partition coefficient (Wildman–Crippen LogP) is 2.41. The summed E-state index contributed by atoms with van der Waals surface area (Å²) in [6.45, 7) is 3.26. The SMILES string of the molecule is Cc1nc(-n2cccc2)sc1C(=O)N1CC(n2cc(C3CC3)nn2)C1. The fourth-order valence-corrected chi connectivity index (χ4v) is 4.12. The van der Waals surface area contributed by atoms with Gasteiger partial charge in [-0.05, 0) is 31.9 Å². The molecule has 0 unspecified atom stereocenters. The molecule has 1 amide bonds. The third-order valence-electron chi connectivity index (χ3n) is 4.85. The number of aryl methyl sites for hydroxylation is 1. The van der Waals surface area contributed by atoms with Gasteiger partial charge in [-0.25, -0.2) is 9.67 Å². The van der Waals surface area contributed by atoms with Crippen LogP contribution in [-0.2, 0) is 0 Å². The first-order valence-electron chi connectivity index (χ1n) is 8.51. The number of nitrogens with zero attached hydrogens (tertiary/aromatic N) is 6. The summed E-state index contributed by atoms with van der Waals surface area (Å²) in [7, 11) is 0. The number of thiazole rings is 1. The maximum absolute atomic E-state index is 12.8. The maximum atomic E-state index is 12.8. The smallest absolute Gasteiger partial charge is 0.266 e. The summed E-state index contributed by atoms with van der Waals surface area (Å²) in [5.41, 5.74) is 1.89. The van der Waals surface area contributed by atoms with E-state index in [9.17, 15) is 4.79 Å². The molecule has 0 aromatic carbocycles. The molecule has 0 bridgehead atoms. The number of amides is 1. The summed E-state index contributed by atoms with van der Waals surface area (Å²) >= 11 is 1.44. The molecule has 5 rings (SSSR count). The van der Waals surface area contributed by atoms with Crippen molar-refractivity contribution in [2.75, 3.05) is 13.1 Å². The highest BCUT2D eigenvalue weighted by Gasteiger charge is 2.36. The maximum Gasteiger partial charge on any atom is 0.266 e. The van der Waals surface area contributed by atoms with Crippen LogP contribution in [0.1, 0.15) is 45.9 Å². The predicted molar refractivity (Wildman–Crippen MR) is 93.1 cm³/mol. The molecule has 0 atom stereocenters. The average molecular weight is 354 g/mol. The number of hydrogen-bond donors (Lipinski definition) is 0. The lowest BCUT2D eigenvalue weighted by Gasteiger charge is -2.38. The van der Waals surface area contributed by atoms with Crippen LogP contribution in [0.25, 0.3) is 5.13 Å². The first-order chi connectivity index (χ1) is 12.2. The Kier molecular flexibility index (Phi) is 3.27. The first kappa shape index (κ1) is 14.8. The molecule has 25 heavy (non-hydrogen) atoms. The van der Waals surface area contributed by atoms with Crippen molar-refractivity contribution in [3.63, 3.8) is 0 Å². The molecule has 3 aromatic heterocycles. The minimum atomic E-state index is 0.0622. The van der Waals surface area contributed by atoms with Gasteiger partial charge >= 0.3 is 0 Å². The molecule has 1 saturated carbocycles. The Morgan fingerprint density at radius 2 is 2.00 bits per heavy atom. The number of likely N-dealkylation sites (tertiary alicyclic amines) is 1. The monoisotopic (exact) mass is 354 g/mol. The standard InChI is InChI=1S/C17H18N6OS/c1-11-15(25-17(18-11)21-6-2-3-7-21)16(24)22-8-13(9-22)23-10-14(19-20-23)12-4-5-12/h2-3,6-7,10,12-13H,4-5,8-9H2,1H3. The van der Waals surface area contributed by atoms with Crippen molar-refractivity contribution in [2.24, 2.45) is 0 Å². The molecule has 1 aliphatic heterocycles. The van der Waals surface area contributed by atoms with E-state index in [-0.39, 0.29) is 11.9 Å². The molecule has 4 heterocycles. The van der Waals surface area contributed by atoms with Gasteiger partial charge in [0.05, 0.1) is 17.4 Å². The van der Waals surface area contributed by atoms with Crippen molar-refractivity contribution in [2.45, 2.75) is 31.7 Å². The van der Waals surface area contributed by atoms with Crippen molar-refractivity contribution in [3.05, 3.63) is 47.0 Å². The highest BCUT2D eigenvalue weighted by molar-refractivity contribution is 7.16. The zero-order valence-corrected chi connectivity index (χ0v) is 14.7. The van der Waals surface area contributed by atoms with Crippen molar-refractivity contribution >= 4 is 17.2 Å². The van der Waals surface area contributed by atoms with Gasteiger partial charge in [-0.15, -0.1) is 5.10 Å². The second-order valence-corrected chi connectivity index (χ2v) is 7.74. The summed E-state index contributed by atoms with van der Waals surface area (Å²) in [5.74, 6) is 0.672. The minimum Gasteiger partial charge on any atom is -0.333 e. The van der Waals surface area contributed by atoms with Crippen LogP contribution in [-0.4, -0.2) is 48.4 Å². The fraction of sp³-hybridized carbons (Fsp3) is 0.412. The molecule has 0 N–H and O–H groups in total. The molecule has 0 spiro atoms. The van der Waals surface area contributed by atoms with Crippen molar-refractivity contribution in [1.29, 1.82) is 0 Å². The van der Waals surface area contributed by atoms with Crippen LogP contribution in [0.3, 0.4) is 0 Å². The Hall–Kier alpha value is -2.48. The van der Waals surface area contributed by atoms with Crippen molar-refractivity contribution in [1.82, 2.24) is 29.4 Å². The van der Waals surface area contributed by atoms with Gasteiger partial charge in [0, 0.05) is 37.6 Å². The van der Waals surface area contributed by atoms with Crippen LogP contribution in [0.4, 0.5) is 0 Å². The molecule has 1 saturated heterocycles.